The molecule has 3 amide bonds. The van der Waals surface area contributed by atoms with Crippen LogP contribution in [0.5, 0.6) is 0 Å². The van der Waals surface area contributed by atoms with E-state index in [1.165, 1.54) is 15.4 Å². The quantitative estimate of drug-likeness (QED) is 0.683. The molecule has 1 aliphatic heterocycles. The molecule has 0 saturated carbocycles. The number of fused-ring (bicyclic) bond motifs is 3. The first-order valence-corrected chi connectivity index (χ1v) is 9.70. The van der Waals surface area contributed by atoms with Crippen molar-refractivity contribution in [3.63, 3.8) is 0 Å². The number of nitrogens with one attached hydrogen (secondary N) is 1. The van der Waals surface area contributed by atoms with Crippen molar-refractivity contribution in [3.8, 4) is 0 Å². The van der Waals surface area contributed by atoms with Crippen LogP contribution in [-0.2, 0) is 23.3 Å². The average Bonchev–Trinajstić information content (AvgIpc) is 2.94. The molecule has 1 fully saturated rings. The maximum absolute atomic E-state index is 13.4. The zero-order valence-corrected chi connectivity index (χ0v) is 16.0. The zero-order chi connectivity index (χ0) is 20.2. The first-order valence-electron chi connectivity index (χ1n) is 9.70. The lowest BCUT2D eigenvalue weighted by atomic mass is 9.76. The van der Waals surface area contributed by atoms with Crippen LogP contribution in [0, 0.1) is 6.92 Å². The van der Waals surface area contributed by atoms with E-state index in [9.17, 15) is 14.4 Å². The van der Waals surface area contributed by atoms with Gasteiger partial charge in [-0.15, -0.1) is 0 Å². The van der Waals surface area contributed by atoms with Crippen LogP contribution >= 0.6 is 0 Å². The summed E-state index contributed by atoms with van der Waals surface area (Å²) in [6.07, 6.45) is 3.94. The molecule has 2 aliphatic rings. The van der Waals surface area contributed by atoms with E-state index in [0.717, 1.165) is 29.5 Å². The van der Waals surface area contributed by atoms with Gasteiger partial charge in [-0.1, -0.05) is 30.3 Å². The third-order valence-electron chi connectivity index (χ3n) is 5.91. The minimum Gasteiger partial charge on any atom is -0.319 e. The van der Waals surface area contributed by atoms with Crippen molar-refractivity contribution < 1.29 is 9.59 Å². The van der Waals surface area contributed by atoms with E-state index in [-0.39, 0.29) is 18.0 Å². The summed E-state index contributed by atoms with van der Waals surface area (Å²) < 4.78 is 1.46. The average molecular weight is 388 g/mol. The Labute approximate surface area is 167 Å². The lowest BCUT2D eigenvalue weighted by Gasteiger charge is -2.33. The Morgan fingerprint density at radius 2 is 1.97 bits per heavy atom. The van der Waals surface area contributed by atoms with Gasteiger partial charge in [-0.05, 0) is 48.9 Å². The molecule has 0 bridgehead atoms. The summed E-state index contributed by atoms with van der Waals surface area (Å²) in [5.74, 6) is -0.276. The van der Waals surface area contributed by atoms with Crippen LogP contribution in [0.1, 0.15) is 35.2 Å². The van der Waals surface area contributed by atoms with Gasteiger partial charge in [0.05, 0.1) is 12.2 Å². The number of carbonyl (C=O) groups excluding carboxylic acids is 2. The molecule has 1 aromatic carbocycles. The van der Waals surface area contributed by atoms with Crippen LogP contribution in [0.4, 0.5) is 4.79 Å². The number of pyridine rings is 1. The van der Waals surface area contributed by atoms with Crippen LogP contribution in [0.25, 0.3) is 5.65 Å². The fourth-order valence-electron chi connectivity index (χ4n) is 4.51. The third kappa shape index (κ3) is 2.57. The first-order chi connectivity index (χ1) is 14.0. The Hall–Kier alpha value is -3.48. The van der Waals surface area contributed by atoms with Gasteiger partial charge in [-0.25, -0.2) is 9.78 Å². The predicted molar refractivity (Wildman–Crippen MR) is 106 cm³/mol. The normalized spacial score (nSPS) is 20.9. The van der Waals surface area contributed by atoms with Crippen LogP contribution in [0.15, 0.2) is 53.5 Å². The topological polar surface area (TPSA) is 83.8 Å². The SMILES string of the molecule is Cc1cccn2c(=O)cc(CN3C(=O)N[C@]4(CCCc5ccccc54)C3=O)nc12. The molecule has 3 aromatic rings. The summed E-state index contributed by atoms with van der Waals surface area (Å²) in [4.78, 5) is 44.4. The Morgan fingerprint density at radius 3 is 2.83 bits per heavy atom. The number of aryl methyl sites for hydroxylation is 2. The molecule has 1 N–H and O–H groups in total. The summed E-state index contributed by atoms with van der Waals surface area (Å²) in [6.45, 7) is 1.84. The number of hydrogen-bond acceptors (Lipinski definition) is 4. The highest BCUT2D eigenvalue weighted by atomic mass is 16.2. The van der Waals surface area contributed by atoms with Gasteiger partial charge >= 0.3 is 6.03 Å². The Balaban J connectivity index is 1.54. The molecule has 3 heterocycles. The van der Waals surface area contributed by atoms with Crippen LogP contribution in [0.3, 0.4) is 0 Å². The molecule has 0 radical (unpaired) electrons. The Morgan fingerprint density at radius 1 is 1.14 bits per heavy atom. The molecule has 0 unspecified atom stereocenters. The van der Waals surface area contributed by atoms with E-state index < -0.39 is 11.6 Å². The molecular weight excluding hydrogens is 368 g/mol. The van der Waals surface area contributed by atoms with Crippen LogP contribution in [-0.4, -0.2) is 26.2 Å². The van der Waals surface area contributed by atoms with Crippen molar-refractivity contribution >= 4 is 17.6 Å². The van der Waals surface area contributed by atoms with Crippen molar-refractivity contribution in [1.82, 2.24) is 19.6 Å². The molecule has 1 saturated heterocycles. The van der Waals surface area contributed by atoms with E-state index in [2.05, 4.69) is 10.3 Å². The molecule has 2 aromatic heterocycles. The highest BCUT2D eigenvalue weighted by Crippen LogP contribution is 2.40. The van der Waals surface area contributed by atoms with Gasteiger partial charge in [0, 0.05) is 12.3 Å². The minimum atomic E-state index is -1.02. The fourth-order valence-corrected chi connectivity index (χ4v) is 4.51. The summed E-state index contributed by atoms with van der Waals surface area (Å²) >= 11 is 0. The Kier molecular flexibility index (Phi) is 3.81. The van der Waals surface area contributed by atoms with Gasteiger partial charge in [0.1, 0.15) is 11.2 Å². The molecule has 1 aliphatic carbocycles. The maximum Gasteiger partial charge on any atom is 0.325 e. The molecule has 1 atom stereocenters. The predicted octanol–water partition coefficient (Wildman–Crippen LogP) is 2.29. The van der Waals surface area contributed by atoms with Gasteiger partial charge < -0.3 is 5.32 Å². The highest BCUT2D eigenvalue weighted by molar-refractivity contribution is 6.07. The molecule has 146 valence electrons. The maximum atomic E-state index is 13.4. The van der Waals surface area contributed by atoms with E-state index >= 15 is 0 Å². The standard InChI is InChI=1S/C22H20N4O3/c1-14-6-5-11-25-18(27)12-16(23-19(14)25)13-26-20(28)22(24-21(26)29)10-4-8-15-7-2-3-9-17(15)22/h2-3,5-7,9,11-12H,4,8,10,13H2,1H3,(H,24,29)/t22-/m0/s1. The van der Waals surface area contributed by atoms with Crippen LogP contribution in [0.2, 0.25) is 0 Å². The number of imide groups is 1. The highest BCUT2D eigenvalue weighted by Gasteiger charge is 2.53. The number of benzene rings is 1. The molecule has 1 spiro atoms. The van der Waals surface area contributed by atoms with Gasteiger partial charge in [0.15, 0.2) is 0 Å². The van der Waals surface area contributed by atoms with E-state index in [4.69, 9.17) is 0 Å². The number of carbonyl (C=O) groups is 2. The van der Waals surface area contributed by atoms with Crippen molar-refractivity contribution in [2.75, 3.05) is 0 Å². The number of hydrogen-bond donors (Lipinski definition) is 1. The number of aromatic nitrogens is 2. The molecule has 7 heteroatoms. The smallest absolute Gasteiger partial charge is 0.319 e. The minimum absolute atomic E-state index is 0.0331. The number of rotatable bonds is 2. The first kappa shape index (κ1) is 17.6. The van der Waals surface area contributed by atoms with Crippen molar-refractivity contribution in [2.24, 2.45) is 0 Å². The fraction of sp³-hybridized carbons (Fsp3) is 0.273. The second kappa shape index (κ2) is 6.27. The summed E-state index contributed by atoms with van der Waals surface area (Å²) in [7, 11) is 0. The number of nitrogens with zero attached hydrogens (tertiary/aromatic N) is 3. The summed E-state index contributed by atoms with van der Waals surface area (Å²) in [5.41, 5.74) is 2.48. The summed E-state index contributed by atoms with van der Waals surface area (Å²) in [5, 5.41) is 2.94. The Bertz CT molecular complexity index is 1230. The second-order valence-corrected chi connectivity index (χ2v) is 7.71. The summed E-state index contributed by atoms with van der Waals surface area (Å²) in [6, 6.07) is 12.4. The van der Waals surface area contributed by atoms with Crippen molar-refractivity contribution in [1.29, 1.82) is 0 Å². The van der Waals surface area contributed by atoms with E-state index in [0.29, 0.717) is 17.8 Å². The van der Waals surface area contributed by atoms with Crippen LogP contribution < -0.4 is 10.9 Å². The molecule has 7 nitrogen and oxygen atoms in total. The van der Waals surface area contributed by atoms with E-state index in [1.807, 2.05) is 37.3 Å². The third-order valence-corrected chi connectivity index (χ3v) is 5.91. The molecular formula is C22H20N4O3. The number of amides is 3. The van der Waals surface area contributed by atoms with Gasteiger partial charge in [-0.2, -0.15) is 0 Å². The van der Waals surface area contributed by atoms with Gasteiger partial charge in [0.2, 0.25) is 0 Å². The lowest BCUT2D eigenvalue weighted by molar-refractivity contribution is -0.132. The van der Waals surface area contributed by atoms with E-state index in [1.54, 1.807) is 12.3 Å². The zero-order valence-electron chi connectivity index (χ0n) is 16.0. The molecule has 5 rings (SSSR count). The van der Waals surface area contributed by atoms with Gasteiger partial charge in [-0.3, -0.25) is 18.9 Å². The largest absolute Gasteiger partial charge is 0.325 e. The van der Waals surface area contributed by atoms with Crippen molar-refractivity contribution in [2.45, 2.75) is 38.3 Å². The second-order valence-electron chi connectivity index (χ2n) is 7.71. The van der Waals surface area contributed by atoms with Gasteiger partial charge in [0.25, 0.3) is 11.5 Å². The number of urea groups is 1. The van der Waals surface area contributed by atoms with Crippen molar-refractivity contribution in [3.05, 3.63) is 81.4 Å². The molecule has 29 heavy (non-hydrogen) atoms. The monoisotopic (exact) mass is 388 g/mol. The lowest BCUT2D eigenvalue weighted by Crippen LogP contribution is -2.46.